The average Bonchev–Trinajstić information content (AvgIpc) is 2.18. The predicted molar refractivity (Wildman–Crippen MR) is 62.5 cm³/mol. The van der Waals surface area contributed by atoms with E-state index in [1.54, 1.807) is 0 Å². The first kappa shape index (κ1) is 13.9. The third-order valence-electron chi connectivity index (χ3n) is 2.57. The van der Waals surface area contributed by atoms with Gasteiger partial charge in [0, 0.05) is 12.6 Å². The number of unbranched alkanes of at least 4 members (excludes halogenated alkanes) is 4. The normalized spacial score (nSPS) is 13.1. The van der Waals surface area contributed by atoms with E-state index < -0.39 is 0 Å². The van der Waals surface area contributed by atoms with Crippen LogP contribution in [0.25, 0.3) is 0 Å². The molecule has 1 atom stereocenters. The molecule has 14 heavy (non-hydrogen) atoms. The third-order valence-corrected chi connectivity index (χ3v) is 2.57. The Kier molecular flexibility index (Phi) is 10.9. The van der Waals surface area contributed by atoms with E-state index in [4.69, 9.17) is 5.11 Å². The van der Waals surface area contributed by atoms with Gasteiger partial charge in [-0.25, -0.2) is 0 Å². The van der Waals surface area contributed by atoms with Crippen LogP contribution >= 0.6 is 0 Å². The quantitative estimate of drug-likeness (QED) is 0.533. The number of aliphatic hydroxyl groups is 1. The Balaban J connectivity index is 3.06. The van der Waals surface area contributed by atoms with Crippen LogP contribution in [0.5, 0.6) is 0 Å². The summed E-state index contributed by atoms with van der Waals surface area (Å²) in [7, 11) is 0. The highest BCUT2D eigenvalue weighted by Crippen LogP contribution is 2.06. The Morgan fingerprint density at radius 1 is 1.07 bits per heavy atom. The van der Waals surface area contributed by atoms with Gasteiger partial charge in [-0.2, -0.15) is 0 Å². The predicted octanol–water partition coefficient (Wildman–Crippen LogP) is 2.71. The second-order valence-corrected chi connectivity index (χ2v) is 4.14. The van der Waals surface area contributed by atoms with Crippen LogP contribution in [0, 0.1) is 0 Å². The van der Waals surface area contributed by atoms with E-state index in [-0.39, 0.29) is 0 Å². The van der Waals surface area contributed by atoms with Crippen molar-refractivity contribution < 1.29 is 5.11 Å². The summed E-state index contributed by atoms with van der Waals surface area (Å²) >= 11 is 0. The highest BCUT2D eigenvalue weighted by atomic mass is 16.3. The van der Waals surface area contributed by atoms with Crippen LogP contribution < -0.4 is 5.32 Å². The molecule has 0 unspecified atom stereocenters. The van der Waals surface area contributed by atoms with Gasteiger partial charge in [-0.15, -0.1) is 0 Å². The highest BCUT2D eigenvalue weighted by molar-refractivity contribution is 4.60. The summed E-state index contributed by atoms with van der Waals surface area (Å²) in [6.45, 7) is 5.74. The average molecular weight is 201 g/mol. The molecule has 0 aliphatic carbocycles. The molecule has 0 fully saturated rings. The van der Waals surface area contributed by atoms with Crippen LogP contribution in [0.1, 0.15) is 58.8 Å². The second kappa shape index (κ2) is 11.0. The van der Waals surface area contributed by atoms with Gasteiger partial charge in [0.1, 0.15) is 0 Å². The third kappa shape index (κ3) is 10.0. The fourth-order valence-electron chi connectivity index (χ4n) is 1.58. The molecule has 0 rings (SSSR count). The second-order valence-electron chi connectivity index (χ2n) is 4.14. The minimum absolute atomic E-state index is 0.302. The van der Waals surface area contributed by atoms with Crippen LogP contribution in [0.3, 0.4) is 0 Å². The fraction of sp³-hybridized carbons (Fsp3) is 1.00. The first-order chi connectivity index (χ1) is 6.81. The van der Waals surface area contributed by atoms with Crippen molar-refractivity contribution in [3.63, 3.8) is 0 Å². The molecule has 0 saturated carbocycles. The smallest absolute Gasteiger partial charge is 0.0443 e. The van der Waals surface area contributed by atoms with Gasteiger partial charge in [-0.05, 0) is 26.3 Å². The highest BCUT2D eigenvalue weighted by Gasteiger charge is 1.99. The van der Waals surface area contributed by atoms with Crippen LogP contribution in [0.4, 0.5) is 0 Å². The molecule has 0 spiro atoms. The van der Waals surface area contributed by atoms with Crippen molar-refractivity contribution in [2.24, 2.45) is 0 Å². The molecule has 2 N–H and O–H groups in total. The summed E-state index contributed by atoms with van der Waals surface area (Å²) in [6.07, 6.45) is 8.96. The number of nitrogens with one attached hydrogen (secondary N) is 1. The number of rotatable bonds is 10. The SMILES string of the molecule is CCCCCCC[C@@H](C)NCCCO. The van der Waals surface area contributed by atoms with Gasteiger partial charge >= 0.3 is 0 Å². The van der Waals surface area contributed by atoms with Crippen molar-refractivity contribution in [1.82, 2.24) is 5.32 Å². The number of aliphatic hydroxyl groups excluding tert-OH is 1. The monoisotopic (exact) mass is 201 g/mol. The van der Waals surface area contributed by atoms with E-state index in [0.717, 1.165) is 13.0 Å². The summed E-state index contributed by atoms with van der Waals surface area (Å²) in [5, 5.41) is 12.0. The topological polar surface area (TPSA) is 32.3 Å². The van der Waals surface area contributed by atoms with Gasteiger partial charge in [-0.3, -0.25) is 0 Å². The van der Waals surface area contributed by atoms with E-state index in [0.29, 0.717) is 12.6 Å². The van der Waals surface area contributed by atoms with Crippen molar-refractivity contribution in [3.8, 4) is 0 Å². The summed E-state index contributed by atoms with van der Waals surface area (Å²) in [4.78, 5) is 0. The van der Waals surface area contributed by atoms with Gasteiger partial charge in [0.05, 0.1) is 0 Å². The Morgan fingerprint density at radius 2 is 1.79 bits per heavy atom. The van der Waals surface area contributed by atoms with E-state index >= 15 is 0 Å². The lowest BCUT2D eigenvalue weighted by atomic mass is 10.1. The van der Waals surface area contributed by atoms with Crippen molar-refractivity contribution in [2.75, 3.05) is 13.2 Å². The van der Waals surface area contributed by atoms with Gasteiger partial charge in [0.2, 0.25) is 0 Å². The molecule has 0 saturated heterocycles. The zero-order valence-corrected chi connectivity index (χ0v) is 9.89. The van der Waals surface area contributed by atoms with E-state index in [1.165, 1.54) is 38.5 Å². The van der Waals surface area contributed by atoms with Crippen LogP contribution in [0.15, 0.2) is 0 Å². The summed E-state index contributed by atoms with van der Waals surface area (Å²) < 4.78 is 0. The lowest BCUT2D eigenvalue weighted by Gasteiger charge is -2.12. The first-order valence-corrected chi connectivity index (χ1v) is 6.15. The number of hydrogen-bond donors (Lipinski definition) is 2. The Bertz CT molecular complexity index is 106. The zero-order valence-electron chi connectivity index (χ0n) is 9.89. The van der Waals surface area contributed by atoms with Crippen LogP contribution in [-0.2, 0) is 0 Å². The lowest BCUT2D eigenvalue weighted by molar-refractivity contribution is 0.283. The summed E-state index contributed by atoms with van der Waals surface area (Å²) in [5.41, 5.74) is 0. The van der Waals surface area contributed by atoms with Crippen LogP contribution in [0.2, 0.25) is 0 Å². The van der Waals surface area contributed by atoms with Crippen LogP contribution in [-0.4, -0.2) is 24.3 Å². The molecule has 0 aromatic heterocycles. The molecule has 0 aromatic carbocycles. The molecule has 0 heterocycles. The Morgan fingerprint density at radius 3 is 2.43 bits per heavy atom. The van der Waals surface area contributed by atoms with E-state index in [9.17, 15) is 0 Å². The minimum Gasteiger partial charge on any atom is -0.396 e. The Hall–Kier alpha value is -0.0800. The van der Waals surface area contributed by atoms with Gasteiger partial charge in [-0.1, -0.05) is 39.0 Å². The number of hydrogen-bond acceptors (Lipinski definition) is 2. The largest absolute Gasteiger partial charge is 0.396 e. The summed E-state index contributed by atoms with van der Waals surface area (Å²) in [6, 6.07) is 0.614. The zero-order chi connectivity index (χ0) is 10.6. The molecule has 2 nitrogen and oxygen atoms in total. The van der Waals surface area contributed by atoms with Gasteiger partial charge in [0.25, 0.3) is 0 Å². The molecular formula is C12H27NO. The van der Waals surface area contributed by atoms with Gasteiger partial charge in [0.15, 0.2) is 0 Å². The Labute approximate surface area is 89.1 Å². The molecule has 0 radical (unpaired) electrons. The molecule has 0 bridgehead atoms. The lowest BCUT2D eigenvalue weighted by Crippen LogP contribution is -2.27. The molecule has 0 aliphatic rings. The first-order valence-electron chi connectivity index (χ1n) is 6.15. The van der Waals surface area contributed by atoms with E-state index in [1.807, 2.05) is 0 Å². The van der Waals surface area contributed by atoms with E-state index in [2.05, 4.69) is 19.2 Å². The molecule has 86 valence electrons. The maximum atomic E-state index is 8.61. The van der Waals surface area contributed by atoms with Crippen molar-refractivity contribution in [3.05, 3.63) is 0 Å². The molecule has 0 aliphatic heterocycles. The van der Waals surface area contributed by atoms with Crippen molar-refractivity contribution in [2.45, 2.75) is 64.8 Å². The molecule has 0 amide bonds. The van der Waals surface area contributed by atoms with Gasteiger partial charge < -0.3 is 10.4 Å². The molecular weight excluding hydrogens is 174 g/mol. The molecule has 2 heteroatoms. The fourth-order valence-corrected chi connectivity index (χ4v) is 1.58. The minimum atomic E-state index is 0.302. The maximum Gasteiger partial charge on any atom is 0.0443 e. The maximum absolute atomic E-state index is 8.61. The van der Waals surface area contributed by atoms with Crippen molar-refractivity contribution >= 4 is 0 Å². The molecule has 0 aromatic rings. The standard InChI is InChI=1S/C12H27NO/c1-3-4-5-6-7-9-12(2)13-10-8-11-14/h12-14H,3-11H2,1-2H3/t12-/m1/s1. The summed E-state index contributed by atoms with van der Waals surface area (Å²) in [5.74, 6) is 0. The van der Waals surface area contributed by atoms with Crippen molar-refractivity contribution in [1.29, 1.82) is 0 Å².